The van der Waals surface area contributed by atoms with Gasteiger partial charge in [0.2, 0.25) is 0 Å². The number of carbonyl (C=O) groups excluding carboxylic acids is 1. The average Bonchev–Trinajstić information content (AvgIpc) is 3.39. The molecule has 0 aliphatic heterocycles. The lowest BCUT2D eigenvalue weighted by Gasteiger charge is -2.58. The Morgan fingerprint density at radius 3 is 2.00 bits per heavy atom. The maximum atomic E-state index is 13.6. The van der Waals surface area contributed by atoms with Crippen LogP contribution in [0.25, 0.3) is 0 Å². The van der Waals surface area contributed by atoms with Gasteiger partial charge in [0.15, 0.2) is 0 Å². The summed E-state index contributed by atoms with van der Waals surface area (Å²) in [6.45, 7) is 7.33. The Labute approximate surface area is 170 Å². The first-order chi connectivity index (χ1) is 13.4. The fourth-order valence-electron chi connectivity index (χ4n) is 11.1. The third-order valence-corrected chi connectivity index (χ3v) is 12.3. The van der Waals surface area contributed by atoms with Gasteiger partial charge in [0, 0.05) is 0 Å². The van der Waals surface area contributed by atoms with Crippen molar-refractivity contribution in [2.75, 3.05) is 0 Å². The smallest absolute Gasteiger partial charge is 0.312 e. The molecule has 28 heavy (non-hydrogen) atoms. The van der Waals surface area contributed by atoms with E-state index in [2.05, 4.69) is 20.8 Å². The molecule has 2 heteroatoms. The molecule has 154 valence electrons. The van der Waals surface area contributed by atoms with Crippen LogP contribution in [-0.4, -0.2) is 12.1 Å². The molecule has 9 unspecified atom stereocenters. The zero-order chi connectivity index (χ0) is 18.9. The van der Waals surface area contributed by atoms with Gasteiger partial charge in [-0.15, -0.1) is 0 Å². The Balaban J connectivity index is 1.11. The van der Waals surface area contributed by atoms with Crippen molar-refractivity contribution in [3.63, 3.8) is 0 Å². The third kappa shape index (κ3) is 1.91. The van der Waals surface area contributed by atoms with E-state index in [-0.39, 0.29) is 17.5 Å². The summed E-state index contributed by atoms with van der Waals surface area (Å²) in [6, 6.07) is 0. The zero-order valence-electron chi connectivity index (χ0n) is 18.0. The first kappa shape index (κ1) is 17.2. The number of hydrogen-bond acceptors (Lipinski definition) is 2. The van der Waals surface area contributed by atoms with Crippen LogP contribution in [0.2, 0.25) is 0 Å². The number of carbonyl (C=O) groups is 1. The van der Waals surface area contributed by atoms with E-state index >= 15 is 0 Å². The van der Waals surface area contributed by atoms with E-state index in [9.17, 15) is 4.79 Å². The van der Waals surface area contributed by atoms with Crippen LogP contribution >= 0.6 is 0 Å². The van der Waals surface area contributed by atoms with E-state index in [0.717, 1.165) is 53.3 Å². The van der Waals surface area contributed by atoms with Crippen molar-refractivity contribution >= 4 is 5.97 Å². The minimum Gasteiger partial charge on any atom is -0.462 e. The van der Waals surface area contributed by atoms with Gasteiger partial charge >= 0.3 is 5.97 Å². The van der Waals surface area contributed by atoms with Crippen molar-refractivity contribution in [2.24, 2.45) is 76.4 Å². The summed E-state index contributed by atoms with van der Waals surface area (Å²) in [6.07, 6.45) is 11.0. The van der Waals surface area contributed by atoms with E-state index in [1.807, 2.05) is 0 Å². The molecular weight excluding hydrogens is 344 g/mol. The number of rotatable bonds is 2. The van der Waals surface area contributed by atoms with Crippen LogP contribution in [-0.2, 0) is 9.53 Å². The second kappa shape index (κ2) is 5.38. The highest BCUT2D eigenvalue weighted by Crippen LogP contribution is 2.71. The number of esters is 1. The van der Waals surface area contributed by atoms with E-state index in [4.69, 9.17) is 4.74 Å². The number of hydrogen-bond donors (Lipinski definition) is 0. The van der Waals surface area contributed by atoms with Gasteiger partial charge in [-0.2, -0.15) is 0 Å². The molecule has 8 saturated carbocycles. The molecule has 8 fully saturated rings. The second-order valence-electron chi connectivity index (χ2n) is 12.9. The van der Waals surface area contributed by atoms with Gasteiger partial charge in [0.05, 0.1) is 5.41 Å². The summed E-state index contributed by atoms with van der Waals surface area (Å²) in [5, 5.41) is 0. The molecule has 8 aliphatic rings. The van der Waals surface area contributed by atoms with Crippen molar-refractivity contribution in [1.82, 2.24) is 0 Å². The van der Waals surface area contributed by atoms with Crippen LogP contribution in [0.1, 0.15) is 72.1 Å². The van der Waals surface area contributed by atoms with Gasteiger partial charge in [-0.1, -0.05) is 13.8 Å². The first-order valence-corrected chi connectivity index (χ1v) is 12.7. The van der Waals surface area contributed by atoms with Gasteiger partial charge in [-0.3, -0.25) is 4.79 Å². The molecule has 8 bridgehead atoms. The minimum atomic E-state index is -0.162. The highest BCUT2D eigenvalue weighted by molar-refractivity contribution is 5.78. The summed E-state index contributed by atoms with van der Waals surface area (Å²) in [4.78, 5) is 13.6. The largest absolute Gasteiger partial charge is 0.462 e. The molecule has 0 heterocycles. The lowest BCUT2D eigenvalue weighted by molar-refractivity contribution is -0.190. The van der Waals surface area contributed by atoms with Gasteiger partial charge in [-0.05, 0) is 129 Å². The monoisotopic (exact) mass is 382 g/mol. The predicted molar refractivity (Wildman–Crippen MR) is 108 cm³/mol. The lowest BCUT2D eigenvalue weighted by Crippen LogP contribution is -2.56. The maximum absolute atomic E-state index is 13.6. The van der Waals surface area contributed by atoms with Crippen molar-refractivity contribution in [3.8, 4) is 0 Å². The standard InChI is InChI=1S/C26H38O2/c1-12-13(2)20-11-19(12)23-16-9-21(24(20)23)22(10-16)28-25(27)26(3)17-5-14-4-15(7-17)8-18(26)6-14/h12-24H,4-11H2,1-3H3. The fraction of sp³-hybridized carbons (Fsp3) is 0.962. The zero-order valence-corrected chi connectivity index (χ0v) is 18.0. The van der Waals surface area contributed by atoms with Gasteiger partial charge < -0.3 is 4.74 Å². The molecule has 0 spiro atoms. The molecule has 0 N–H and O–H groups in total. The second-order valence-corrected chi connectivity index (χ2v) is 12.9. The van der Waals surface area contributed by atoms with Crippen molar-refractivity contribution in [3.05, 3.63) is 0 Å². The molecule has 0 radical (unpaired) electrons. The van der Waals surface area contributed by atoms with E-state index in [0.29, 0.717) is 17.8 Å². The van der Waals surface area contributed by atoms with E-state index < -0.39 is 0 Å². The van der Waals surface area contributed by atoms with Crippen molar-refractivity contribution < 1.29 is 9.53 Å². The average molecular weight is 383 g/mol. The Morgan fingerprint density at radius 2 is 1.36 bits per heavy atom. The van der Waals surface area contributed by atoms with Crippen LogP contribution in [0.4, 0.5) is 0 Å². The predicted octanol–water partition coefficient (Wildman–Crippen LogP) is 5.55. The van der Waals surface area contributed by atoms with Crippen molar-refractivity contribution in [1.29, 1.82) is 0 Å². The molecule has 2 nitrogen and oxygen atoms in total. The lowest BCUT2D eigenvalue weighted by atomic mass is 9.46. The summed E-state index contributed by atoms with van der Waals surface area (Å²) < 4.78 is 6.51. The summed E-state index contributed by atoms with van der Waals surface area (Å²) >= 11 is 0. The molecule has 0 saturated heterocycles. The first-order valence-electron chi connectivity index (χ1n) is 12.7. The Hall–Kier alpha value is -0.530. The summed E-state index contributed by atoms with van der Waals surface area (Å²) in [5.41, 5.74) is -0.162. The van der Waals surface area contributed by atoms with Crippen LogP contribution < -0.4 is 0 Å². The van der Waals surface area contributed by atoms with Crippen LogP contribution in [0.15, 0.2) is 0 Å². The molecule has 0 amide bonds. The summed E-state index contributed by atoms with van der Waals surface area (Å²) in [5.74, 6) is 10.5. The minimum absolute atomic E-state index is 0.162. The maximum Gasteiger partial charge on any atom is 0.312 e. The molecule has 0 aromatic heterocycles. The van der Waals surface area contributed by atoms with Gasteiger partial charge in [0.1, 0.15) is 6.10 Å². The number of ether oxygens (including phenoxy) is 1. The quantitative estimate of drug-likeness (QED) is 0.462. The normalized spacial score (nSPS) is 65.2. The topological polar surface area (TPSA) is 26.3 Å². The molecule has 9 atom stereocenters. The van der Waals surface area contributed by atoms with Crippen LogP contribution in [0.5, 0.6) is 0 Å². The van der Waals surface area contributed by atoms with Gasteiger partial charge in [-0.25, -0.2) is 0 Å². The van der Waals surface area contributed by atoms with Crippen molar-refractivity contribution in [2.45, 2.75) is 78.2 Å². The van der Waals surface area contributed by atoms with Crippen LogP contribution in [0, 0.1) is 76.4 Å². The fourth-order valence-corrected chi connectivity index (χ4v) is 11.1. The van der Waals surface area contributed by atoms with Gasteiger partial charge in [0.25, 0.3) is 0 Å². The highest BCUT2D eigenvalue weighted by atomic mass is 16.5. The SMILES string of the molecule is CC1C(C)C2CC1C1C3CC(OC(=O)C4(C)C5CC6CC(C5)CC4C6)C(C3)C21. The third-order valence-electron chi connectivity index (χ3n) is 12.3. The molecule has 8 rings (SSSR count). The Morgan fingerprint density at radius 1 is 0.750 bits per heavy atom. The number of fused-ring (bicyclic) bond motifs is 9. The van der Waals surface area contributed by atoms with Crippen LogP contribution in [0.3, 0.4) is 0 Å². The Kier molecular flexibility index (Phi) is 3.30. The molecule has 0 aromatic rings. The summed E-state index contributed by atoms with van der Waals surface area (Å²) in [7, 11) is 0. The Bertz CT molecular complexity index is 683. The van der Waals surface area contributed by atoms with E-state index in [1.165, 1.54) is 51.4 Å². The molecular formula is C26H38O2. The molecule has 0 aromatic carbocycles. The van der Waals surface area contributed by atoms with E-state index in [1.54, 1.807) is 0 Å². The highest BCUT2D eigenvalue weighted by Gasteiger charge is 2.67. The molecule has 8 aliphatic carbocycles.